The minimum absolute atomic E-state index is 0.0695. The zero-order valence-electron chi connectivity index (χ0n) is 15.5. The normalized spacial score (nSPS) is 52.0. The van der Waals surface area contributed by atoms with Crippen LogP contribution in [0.2, 0.25) is 0 Å². The molecule has 0 aromatic rings. The maximum absolute atomic E-state index is 12.3. The summed E-state index contributed by atoms with van der Waals surface area (Å²) in [4.78, 5) is 24.1. The van der Waals surface area contributed by atoms with Gasteiger partial charge in [0, 0.05) is 11.8 Å². The largest absolute Gasteiger partial charge is 0.390 e. The zero-order chi connectivity index (χ0) is 18.2. The van der Waals surface area contributed by atoms with Gasteiger partial charge >= 0.3 is 0 Å². The first-order valence-corrected chi connectivity index (χ1v) is 9.80. The molecule has 0 aromatic carbocycles. The fourth-order valence-electron chi connectivity index (χ4n) is 7.22. The number of aliphatic hydroxyl groups excluding tert-OH is 1. The standard InChI is InChI=1S/C21H30O4/c1-12(22)21(25)18(24)11-17-15-5-4-13-10-14(23)6-8-19(13,2)16(15)7-9-20(17,21)3/h10,15-18,24-25H,4-9,11H2,1-3H3/t15-,16-,17-,18-,19+,20+,21-/m1/s1. The quantitative estimate of drug-likeness (QED) is 0.766. The number of Topliss-reactive ketones (excluding diaryl/α,β-unsaturated/α-hetero) is 1. The number of carbonyl (C=O) groups is 2. The molecule has 7 atom stereocenters. The van der Waals surface area contributed by atoms with Crippen LogP contribution in [0.15, 0.2) is 11.6 Å². The van der Waals surface area contributed by atoms with Crippen molar-refractivity contribution in [3.05, 3.63) is 11.6 Å². The summed E-state index contributed by atoms with van der Waals surface area (Å²) in [6, 6.07) is 0. The summed E-state index contributed by atoms with van der Waals surface area (Å²) in [6.45, 7) is 5.75. The summed E-state index contributed by atoms with van der Waals surface area (Å²) in [5.41, 5.74) is -0.766. The van der Waals surface area contributed by atoms with Crippen LogP contribution in [0, 0.1) is 28.6 Å². The van der Waals surface area contributed by atoms with Gasteiger partial charge in [-0.15, -0.1) is 0 Å². The molecule has 0 aromatic heterocycles. The van der Waals surface area contributed by atoms with Crippen molar-refractivity contribution >= 4 is 11.6 Å². The van der Waals surface area contributed by atoms with Crippen LogP contribution >= 0.6 is 0 Å². The van der Waals surface area contributed by atoms with Gasteiger partial charge in [-0.2, -0.15) is 0 Å². The Morgan fingerprint density at radius 1 is 1.16 bits per heavy atom. The molecule has 0 unspecified atom stereocenters. The van der Waals surface area contributed by atoms with Crippen LogP contribution in [0.25, 0.3) is 0 Å². The Kier molecular flexibility index (Phi) is 3.66. The highest BCUT2D eigenvalue weighted by molar-refractivity contribution is 5.91. The van der Waals surface area contributed by atoms with E-state index in [0.29, 0.717) is 24.7 Å². The molecular formula is C21H30O4. The molecule has 4 nitrogen and oxygen atoms in total. The minimum atomic E-state index is -1.61. The van der Waals surface area contributed by atoms with E-state index in [1.165, 1.54) is 12.5 Å². The third-order valence-electron chi connectivity index (χ3n) is 8.72. The maximum atomic E-state index is 12.3. The first-order chi connectivity index (χ1) is 11.6. The molecule has 4 aliphatic rings. The summed E-state index contributed by atoms with van der Waals surface area (Å²) >= 11 is 0. The topological polar surface area (TPSA) is 74.6 Å². The molecule has 4 aliphatic carbocycles. The number of rotatable bonds is 1. The molecule has 0 saturated heterocycles. The van der Waals surface area contributed by atoms with E-state index in [-0.39, 0.29) is 22.9 Å². The lowest BCUT2D eigenvalue weighted by atomic mass is 9.46. The van der Waals surface area contributed by atoms with Gasteiger partial charge in [0.1, 0.15) is 0 Å². The van der Waals surface area contributed by atoms with Crippen molar-refractivity contribution in [1.29, 1.82) is 0 Å². The molecule has 3 saturated carbocycles. The highest BCUT2D eigenvalue weighted by Gasteiger charge is 2.69. The third-order valence-corrected chi connectivity index (χ3v) is 8.72. The Morgan fingerprint density at radius 3 is 2.56 bits per heavy atom. The number of aliphatic hydroxyl groups is 2. The highest BCUT2D eigenvalue weighted by atomic mass is 16.4. The number of carbonyl (C=O) groups excluding carboxylic acids is 2. The van der Waals surface area contributed by atoms with Gasteiger partial charge in [0.25, 0.3) is 0 Å². The average Bonchev–Trinajstić information content (AvgIpc) is 2.77. The molecule has 4 heteroatoms. The number of fused-ring (bicyclic) bond motifs is 5. The van der Waals surface area contributed by atoms with Crippen molar-refractivity contribution in [2.45, 2.75) is 77.4 Å². The minimum Gasteiger partial charge on any atom is -0.390 e. The number of hydrogen-bond acceptors (Lipinski definition) is 4. The van der Waals surface area contributed by atoms with Gasteiger partial charge in [0.15, 0.2) is 17.2 Å². The SMILES string of the molecule is CC(=O)[C@@]1(O)[C@H](O)C[C@@H]2[C@@H]3CCC4=CC(=O)CC[C@]4(C)[C@@H]3CC[C@@]21C. The van der Waals surface area contributed by atoms with Gasteiger partial charge in [-0.1, -0.05) is 19.4 Å². The predicted octanol–water partition coefficient (Wildman–Crippen LogP) is 2.81. The third kappa shape index (κ3) is 2.01. The first-order valence-electron chi connectivity index (χ1n) is 9.80. The molecule has 3 fully saturated rings. The second-order valence-corrected chi connectivity index (χ2v) is 9.50. The first kappa shape index (κ1) is 17.4. The van der Waals surface area contributed by atoms with E-state index < -0.39 is 17.1 Å². The number of ketones is 2. The monoisotopic (exact) mass is 346 g/mol. The molecule has 4 rings (SSSR count). The van der Waals surface area contributed by atoms with Crippen LogP contribution in [-0.4, -0.2) is 33.5 Å². The lowest BCUT2D eigenvalue weighted by Crippen LogP contribution is -2.59. The molecule has 0 bridgehead atoms. The number of allylic oxidation sites excluding steroid dienone is 1. The van der Waals surface area contributed by atoms with Crippen LogP contribution in [-0.2, 0) is 9.59 Å². The number of hydrogen-bond donors (Lipinski definition) is 2. The predicted molar refractivity (Wildman–Crippen MR) is 93.7 cm³/mol. The van der Waals surface area contributed by atoms with Crippen molar-refractivity contribution in [2.24, 2.45) is 28.6 Å². The van der Waals surface area contributed by atoms with Crippen LogP contribution in [0.1, 0.15) is 65.7 Å². The Morgan fingerprint density at radius 2 is 1.88 bits per heavy atom. The zero-order valence-corrected chi connectivity index (χ0v) is 15.5. The van der Waals surface area contributed by atoms with Crippen molar-refractivity contribution < 1.29 is 19.8 Å². The van der Waals surface area contributed by atoms with E-state index in [9.17, 15) is 19.8 Å². The summed E-state index contributed by atoms with van der Waals surface area (Å²) in [5.74, 6) is 1.03. The molecule has 0 amide bonds. The van der Waals surface area contributed by atoms with Crippen LogP contribution in [0.5, 0.6) is 0 Å². The van der Waals surface area contributed by atoms with Gasteiger partial charge in [-0.25, -0.2) is 0 Å². The molecule has 138 valence electrons. The maximum Gasteiger partial charge on any atom is 0.164 e. The van der Waals surface area contributed by atoms with E-state index in [4.69, 9.17) is 0 Å². The van der Waals surface area contributed by atoms with E-state index >= 15 is 0 Å². The average molecular weight is 346 g/mol. The second-order valence-electron chi connectivity index (χ2n) is 9.50. The van der Waals surface area contributed by atoms with E-state index in [1.54, 1.807) is 0 Å². The lowest BCUT2D eigenvalue weighted by molar-refractivity contribution is -0.173. The summed E-state index contributed by atoms with van der Waals surface area (Å²) in [5, 5.41) is 21.8. The van der Waals surface area contributed by atoms with Gasteiger partial charge in [-0.3, -0.25) is 9.59 Å². The van der Waals surface area contributed by atoms with Crippen molar-refractivity contribution in [3.8, 4) is 0 Å². The molecule has 0 spiro atoms. The van der Waals surface area contributed by atoms with Gasteiger partial charge in [-0.05, 0) is 74.7 Å². The lowest BCUT2D eigenvalue weighted by Gasteiger charge is -2.58. The van der Waals surface area contributed by atoms with Crippen LogP contribution in [0.4, 0.5) is 0 Å². The van der Waals surface area contributed by atoms with Gasteiger partial charge < -0.3 is 10.2 Å². The van der Waals surface area contributed by atoms with E-state index in [2.05, 4.69) is 6.92 Å². The van der Waals surface area contributed by atoms with Gasteiger partial charge in [0.2, 0.25) is 0 Å². The van der Waals surface area contributed by atoms with Crippen LogP contribution < -0.4 is 0 Å². The second kappa shape index (κ2) is 5.26. The fraction of sp³-hybridized carbons (Fsp3) is 0.810. The summed E-state index contributed by atoms with van der Waals surface area (Å²) in [7, 11) is 0. The van der Waals surface area contributed by atoms with Crippen molar-refractivity contribution in [2.75, 3.05) is 0 Å². The van der Waals surface area contributed by atoms with E-state index in [0.717, 1.165) is 32.1 Å². The Balaban J connectivity index is 1.72. The Bertz CT molecular complexity index is 667. The molecule has 2 N–H and O–H groups in total. The smallest absolute Gasteiger partial charge is 0.164 e. The van der Waals surface area contributed by atoms with E-state index in [1.807, 2.05) is 13.0 Å². The fourth-order valence-corrected chi connectivity index (χ4v) is 7.22. The Hall–Kier alpha value is -1.00. The van der Waals surface area contributed by atoms with Crippen molar-refractivity contribution in [1.82, 2.24) is 0 Å². The molecule has 0 aliphatic heterocycles. The molecule has 0 radical (unpaired) electrons. The molecule has 0 heterocycles. The summed E-state index contributed by atoms with van der Waals surface area (Å²) < 4.78 is 0. The highest BCUT2D eigenvalue weighted by Crippen LogP contribution is 2.67. The molecular weight excluding hydrogens is 316 g/mol. The van der Waals surface area contributed by atoms with Gasteiger partial charge in [0.05, 0.1) is 6.10 Å². The Labute approximate surface area is 149 Å². The molecule has 25 heavy (non-hydrogen) atoms. The summed E-state index contributed by atoms with van der Waals surface area (Å²) in [6.07, 6.45) is 6.66. The van der Waals surface area contributed by atoms with Crippen LogP contribution in [0.3, 0.4) is 0 Å². The van der Waals surface area contributed by atoms with Crippen molar-refractivity contribution in [3.63, 3.8) is 0 Å².